The van der Waals surface area contributed by atoms with E-state index in [9.17, 15) is 15.3 Å². The SMILES string of the molecule is CC(C)(C)CNc1c(C#N)cnc2c(C#N)cc(N[C@H](C3=CN(C4CC4)NN3)C3(C)C=CC=C4CNC(=O)C43)cc12. The number of amides is 1. The van der Waals surface area contributed by atoms with Crippen molar-refractivity contribution in [2.75, 3.05) is 23.7 Å². The average Bonchev–Trinajstić information content (AvgIpc) is 3.55. The molecule has 2 unspecified atom stereocenters. The fourth-order valence-corrected chi connectivity index (χ4v) is 6.01. The molecule has 6 rings (SSSR count). The molecule has 0 radical (unpaired) electrons. The summed E-state index contributed by atoms with van der Waals surface area (Å²) >= 11 is 0. The molecule has 1 saturated carbocycles. The standard InChI is InChI=1S/C31H35N9O/c1-30(2,3)17-36-27-20(13-33)15-34-26-19(12-32)10-21(11-23(26)27)37-28(24-16-40(39-38-24)22-7-8-22)31(4)9-5-6-18-14-35-29(41)25(18)31/h5-6,9-11,15-16,22,25,28,37-39H,7-8,14,17H2,1-4H3,(H,34,36)(H,35,41)/t25?,28-,31?/m1/s1. The Kier molecular flexibility index (Phi) is 6.39. The van der Waals surface area contributed by atoms with Crippen LogP contribution in [0.1, 0.15) is 51.7 Å². The van der Waals surface area contributed by atoms with Crippen LogP contribution in [0.5, 0.6) is 0 Å². The Morgan fingerprint density at radius 2 is 2.00 bits per heavy atom. The maximum absolute atomic E-state index is 13.2. The first-order chi connectivity index (χ1) is 19.6. The monoisotopic (exact) mass is 549 g/mol. The summed E-state index contributed by atoms with van der Waals surface area (Å²) in [5.41, 5.74) is 10.7. The molecule has 2 aliphatic carbocycles. The van der Waals surface area contributed by atoms with Gasteiger partial charge < -0.3 is 21.4 Å². The molecule has 2 aromatic rings. The molecular weight excluding hydrogens is 514 g/mol. The summed E-state index contributed by atoms with van der Waals surface area (Å²) in [5.74, 6) is -0.331. The van der Waals surface area contributed by atoms with Crippen LogP contribution in [0.15, 0.2) is 54.0 Å². The topological polar surface area (TPSA) is 141 Å². The van der Waals surface area contributed by atoms with Crippen molar-refractivity contribution < 1.29 is 4.79 Å². The molecule has 0 bridgehead atoms. The number of nitrogens with zero attached hydrogens (tertiary/aromatic N) is 4. The van der Waals surface area contributed by atoms with E-state index in [1.807, 2.05) is 18.2 Å². The molecule has 10 nitrogen and oxygen atoms in total. The lowest BCUT2D eigenvalue weighted by Gasteiger charge is -2.42. The van der Waals surface area contributed by atoms with Gasteiger partial charge in [0.05, 0.1) is 40.0 Å². The summed E-state index contributed by atoms with van der Waals surface area (Å²) in [7, 11) is 0. The zero-order valence-electron chi connectivity index (χ0n) is 23.8. The molecule has 5 N–H and O–H groups in total. The second-order valence-electron chi connectivity index (χ2n) is 12.8. The number of allylic oxidation sites excluding steroid dienone is 2. The Balaban J connectivity index is 1.46. The number of hydrogen-bond acceptors (Lipinski definition) is 9. The molecule has 10 heteroatoms. The van der Waals surface area contributed by atoms with Crippen molar-refractivity contribution in [1.82, 2.24) is 26.3 Å². The van der Waals surface area contributed by atoms with E-state index in [-0.39, 0.29) is 23.3 Å². The van der Waals surface area contributed by atoms with E-state index in [2.05, 4.69) is 89.0 Å². The van der Waals surface area contributed by atoms with Crippen LogP contribution in [0.4, 0.5) is 11.4 Å². The van der Waals surface area contributed by atoms with Gasteiger partial charge in [-0.05, 0) is 36.0 Å². The van der Waals surface area contributed by atoms with Gasteiger partial charge in [-0.15, -0.1) is 5.53 Å². The highest BCUT2D eigenvalue weighted by atomic mass is 16.2. The van der Waals surface area contributed by atoms with Crippen LogP contribution in [0, 0.1) is 39.4 Å². The molecule has 1 saturated heterocycles. The summed E-state index contributed by atoms with van der Waals surface area (Å²) in [6, 6.07) is 8.39. The van der Waals surface area contributed by atoms with Crippen LogP contribution < -0.4 is 26.9 Å². The van der Waals surface area contributed by atoms with E-state index < -0.39 is 5.41 Å². The lowest BCUT2D eigenvalue weighted by Crippen LogP contribution is -2.50. The van der Waals surface area contributed by atoms with Crippen LogP contribution in [-0.4, -0.2) is 41.1 Å². The lowest BCUT2D eigenvalue weighted by atomic mass is 9.66. The highest BCUT2D eigenvalue weighted by Crippen LogP contribution is 2.46. The van der Waals surface area contributed by atoms with E-state index in [4.69, 9.17) is 0 Å². The third-order valence-corrected chi connectivity index (χ3v) is 8.29. The number of hydrogen-bond donors (Lipinski definition) is 5. The maximum Gasteiger partial charge on any atom is 0.228 e. The number of benzene rings is 1. The Hall–Kier alpha value is -4.54. The lowest BCUT2D eigenvalue weighted by molar-refractivity contribution is -0.124. The first-order valence-corrected chi connectivity index (χ1v) is 14.1. The van der Waals surface area contributed by atoms with Gasteiger partial charge in [0, 0.05) is 48.0 Å². The van der Waals surface area contributed by atoms with Crippen LogP contribution in [0.25, 0.3) is 10.9 Å². The minimum absolute atomic E-state index is 0.00765. The van der Waals surface area contributed by atoms with Crippen LogP contribution in [-0.2, 0) is 4.79 Å². The first-order valence-electron chi connectivity index (χ1n) is 14.1. The smallest absolute Gasteiger partial charge is 0.228 e. The summed E-state index contributed by atoms with van der Waals surface area (Å²) < 4.78 is 0. The van der Waals surface area contributed by atoms with Gasteiger partial charge in [-0.2, -0.15) is 10.5 Å². The average molecular weight is 550 g/mol. The van der Waals surface area contributed by atoms with Gasteiger partial charge in [0.1, 0.15) is 12.1 Å². The van der Waals surface area contributed by atoms with Crippen LogP contribution >= 0.6 is 0 Å². The zero-order valence-corrected chi connectivity index (χ0v) is 23.8. The summed E-state index contributed by atoms with van der Waals surface area (Å²) in [6.45, 7) is 9.63. The number of aromatic nitrogens is 1. The summed E-state index contributed by atoms with van der Waals surface area (Å²) in [6.07, 6.45) is 12.0. The number of fused-ring (bicyclic) bond motifs is 2. The third-order valence-electron chi connectivity index (χ3n) is 8.29. The van der Waals surface area contributed by atoms with Gasteiger partial charge in [0.25, 0.3) is 0 Å². The van der Waals surface area contributed by atoms with Crippen molar-refractivity contribution in [3.63, 3.8) is 0 Å². The fourth-order valence-electron chi connectivity index (χ4n) is 6.01. The predicted molar refractivity (Wildman–Crippen MR) is 158 cm³/mol. The number of rotatable bonds is 7. The quantitative estimate of drug-likeness (QED) is 0.349. The van der Waals surface area contributed by atoms with E-state index in [0.29, 0.717) is 52.5 Å². The minimum Gasteiger partial charge on any atom is -0.383 e. The van der Waals surface area contributed by atoms with Crippen molar-refractivity contribution in [2.45, 2.75) is 52.6 Å². The van der Waals surface area contributed by atoms with Crippen molar-refractivity contribution in [3.05, 3.63) is 65.2 Å². The largest absolute Gasteiger partial charge is 0.383 e. The molecule has 1 amide bonds. The molecule has 4 aliphatic rings. The Morgan fingerprint density at radius 3 is 2.71 bits per heavy atom. The minimum atomic E-state index is -0.618. The Bertz CT molecular complexity index is 1600. The molecule has 3 atom stereocenters. The number of anilines is 2. The Morgan fingerprint density at radius 1 is 1.22 bits per heavy atom. The molecule has 2 aliphatic heterocycles. The summed E-state index contributed by atoms with van der Waals surface area (Å²) in [5, 5.41) is 33.0. The van der Waals surface area contributed by atoms with E-state index in [1.165, 1.54) is 6.20 Å². The van der Waals surface area contributed by atoms with Gasteiger partial charge in [-0.3, -0.25) is 14.8 Å². The van der Waals surface area contributed by atoms with Crippen LogP contribution in [0.3, 0.4) is 0 Å². The second-order valence-corrected chi connectivity index (χ2v) is 12.8. The predicted octanol–water partition coefficient (Wildman–Crippen LogP) is 3.79. The van der Waals surface area contributed by atoms with Gasteiger partial charge in [0.15, 0.2) is 0 Å². The number of carbonyl (C=O) groups excluding carboxylic acids is 1. The van der Waals surface area contributed by atoms with Crippen molar-refractivity contribution in [3.8, 4) is 12.1 Å². The number of hydrazine groups is 2. The fraction of sp³-hybridized carbons (Fsp3) is 0.419. The summed E-state index contributed by atoms with van der Waals surface area (Å²) in [4.78, 5) is 17.6. The molecule has 210 valence electrons. The molecule has 2 fully saturated rings. The molecule has 0 spiro atoms. The number of nitriles is 2. The molecule has 1 aromatic carbocycles. The maximum atomic E-state index is 13.2. The van der Waals surface area contributed by atoms with E-state index >= 15 is 0 Å². The normalized spacial score (nSPS) is 24.0. The molecule has 1 aromatic heterocycles. The van der Waals surface area contributed by atoms with Gasteiger partial charge in [-0.1, -0.05) is 45.9 Å². The number of nitrogens with one attached hydrogen (secondary N) is 5. The van der Waals surface area contributed by atoms with Crippen molar-refractivity contribution in [1.29, 1.82) is 10.5 Å². The van der Waals surface area contributed by atoms with Gasteiger partial charge in [-0.25, -0.2) is 0 Å². The van der Waals surface area contributed by atoms with E-state index in [0.717, 1.165) is 24.1 Å². The molecular formula is C31H35N9O. The highest BCUT2D eigenvalue weighted by Gasteiger charge is 2.51. The highest BCUT2D eigenvalue weighted by molar-refractivity contribution is 5.99. The van der Waals surface area contributed by atoms with Gasteiger partial charge in [0.2, 0.25) is 5.91 Å². The molecule has 3 heterocycles. The number of pyridine rings is 1. The van der Waals surface area contributed by atoms with Crippen molar-refractivity contribution >= 4 is 28.2 Å². The zero-order chi connectivity index (χ0) is 28.9. The van der Waals surface area contributed by atoms with Gasteiger partial charge >= 0.3 is 0 Å². The second kappa shape index (κ2) is 9.83. The third kappa shape index (κ3) is 4.85. The first kappa shape index (κ1) is 26.7. The van der Waals surface area contributed by atoms with Crippen molar-refractivity contribution in [2.24, 2.45) is 16.7 Å². The number of carbonyl (C=O) groups is 1. The molecule has 41 heavy (non-hydrogen) atoms. The Labute approximate surface area is 240 Å². The van der Waals surface area contributed by atoms with E-state index in [1.54, 1.807) is 6.07 Å². The van der Waals surface area contributed by atoms with Crippen LogP contribution in [0.2, 0.25) is 0 Å².